The minimum absolute atomic E-state index is 0.0609. The number of hydrogen-bond acceptors (Lipinski definition) is 4. The fraction of sp³-hybridized carbons (Fsp3) is 0.190. The SMILES string of the molecule is Cc1ccc(-c2cc(C(F)(F)F)n(-c3nc(-c4ccco4)cc(C(F)(F)F)n3)n2)cc1C. The van der Waals surface area contributed by atoms with E-state index in [1.54, 1.807) is 25.1 Å². The minimum Gasteiger partial charge on any atom is -0.463 e. The van der Waals surface area contributed by atoms with Gasteiger partial charge in [0.05, 0.1) is 12.0 Å². The molecule has 0 atom stereocenters. The maximum Gasteiger partial charge on any atom is 0.433 e. The van der Waals surface area contributed by atoms with Gasteiger partial charge in [0.1, 0.15) is 5.69 Å². The Morgan fingerprint density at radius 3 is 2.16 bits per heavy atom. The molecule has 0 fully saturated rings. The van der Waals surface area contributed by atoms with E-state index in [0.29, 0.717) is 11.6 Å². The number of hydrogen-bond donors (Lipinski definition) is 0. The number of aromatic nitrogens is 4. The predicted molar refractivity (Wildman–Crippen MR) is 102 cm³/mol. The monoisotopic (exact) mass is 452 g/mol. The summed E-state index contributed by atoms with van der Waals surface area (Å²) in [6.07, 6.45) is -8.65. The van der Waals surface area contributed by atoms with Crippen molar-refractivity contribution < 1.29 is 30.8 Å². The van der Waals surface area contributed by atoms with Crippen LogP contribution >= 0.6 is 0 Å². The van der Waals surface area contributed by atoms with Gasteiger partial charge in [0.15, 0.2) is 17.1 Å². The Kier molecular flexibility index (Phi) is 5.06. The van der Waals surface area contributed by atoms with Gasteiger partial charge in [-0.05, 0) is 55.3 Å². The van der Waals surface area contributed by atoms with Crippen LogP contribution in [0.4, 0.5) is 26.3 Å². The van der Waals surface area contributed by atoms with Gasteiger partial charge in [-0.3, -0.25) is 0 Å². The molecular weight excluding hydrogens is 438 g/mol. The first-order valence-corrected chi connectivity index (χ1v) is 9.19. The van der Waals surface area contributed by atoms with Crippen molar-refractivity contribution in [3.63, 3.8) is 0 Å². The van der Waals surface area contributed by atoms with Crippen LogP contribution < -0.4 is 0 Å². The maximum atomic E-state index is 13.8. The van der Waals surface area contributed by atoms with E-state index in [2.05, 4.69) is 15.1 Å². The quantitative estimate of drug-likeness (QED) is 0.345. The van der Waals surface area contributed by atoms with Crippen LogP contribution in [-0.4, -0.2) is 19.7 Å². The molecule has 1 aromatic carbocycles. The third-order valence-electron chi connectivity index (χ3n) is 4.77. The average Bonchev–Trinajstić information content (AvgIpc) is 3.39. The third-order valence-corrected chi connectivity index (χ3v) is 4.77. The first kappa shape index (κ1) is 21.6. The smallest absolute Gasteiger partial charge is 0.433 e. The number of halogens is 6. The third kappa shape index (κ3) is 4.10. The Bertz CT molecular complexity index is 1270. The summed E-state index contributed by atoms with van der Waals surface area (Å²) in [7, 11) is 0. The van der Waals surface area contributed by atoms with E-state index in [1.807, 2.05) is 6.92 Å². The molecule has 4 rings (SSSR count). The van der Waals surface area contributed by atoms with E-state index in [0.717, 1.165) is 17.2 Å². The van der Waals surface area contributed by atoms with E-state index in [-0.39, 0.29) is 21.8 Å². The lowest BCUT2D eigenvalue weighted by molar-refractivity contribution is -0.143. The number of benzene rings is 1. The topological polar surface area (TPSA) is 56.7 Å². The van der Waals surface area contributed by atoms with Crippen molar-refractivity contribution in [2.75, 3.05) is 0 Å². The summed E-state index contributed by atoms with van der Waals surface area (Å²) in [6, 6.07) is 9.04. The Balaban J connectivity index is 1.95. The zero-order chi connectivity index (χ0) is 23.3. The zero-order valence-corrected chi connectivity index (χ0v) is 16.6. The van der Waals surface area contributed by atoms with Crippen molar-refractivity contribution in [1.82, 2.24) is 19.7 Å². The van der Waals surface area contributed by atoms with Gasteiger partial charge in [0.25, 0.3) is 5.95 Å². The molecule has 0 aliphatic rings. The molecule has 166 valence electrons. The van der Waals surface area contributed by atoms with E-state index < -0.39 is 29.7 Å². The molecule has 0 saturated heterocycles. The van der Waals surface area contributed by atoms with Gasteiger partial charge < -0.3 is 4.42 Å². The summed E-state index contributed by atoms with van der Waals surface area (Å²) in [6.45, 7) is 3.62. The largest absolute Gasteiger partial charge is 0.463 e. The summed E-state index contributed by atoms with van der Waals surface area (Å²) in [5, 5.41) is 3.91. The first-order valence-electron chi connectivity index (χ1n) is 9.19. The van der Waals surface area contributed by atoms with E-state index >= 15 is 0 Å². The van der Waals surface area contributed by atoms with Crippen LogP contribution in [0.3, 0.4) is 0 Å². The number of aryl methyl sites for hydroxylation is 2. The van der Waals surface area contributed by atoms with Crippen LogP contribution in [0.1, 0.15) is 22.5 Å². The van der Waals surface area contributed by atoms with Crippen LogP contribution in [-0.2, 0) is 12.4 Å². The Morgan fingerprint density at radius 1 is 0.812 bits per heavy atom. The highest BCUT2D eigenvalue weighted by Crippen LogP contribution is 2.36. The van der Waals surface area contributed by atoms with Crippen molar-refractivity contribution in [3.8, 4) is 28.7 Å². The number of alkyl halides is 6. The summed E-state index contributed by atoms with van der Waals surface area (Å²) >= 11 is 0. The molecule has 0 aliphatic carbocycles. The Morgan fingerprint density at radius 2 is 1.56 bits per heavy atom. The number of nitrogens with zero attached hydrogens (tertiary/aromatic N) is 4. The zero-order valence-electron chi connectivity index (χ0n) is 16.6. The molecule has 3 aromatic heterocycles. The van der Waals surface area contributed by atoms with E-state index in [1.165, 1.54) is 18.4 Å². The van der Waals surface area contributed by atoms with Crippen LogP contribution in [0.25, 0.3) is 28.7 Å². The van der Waals surface area contributed by atoms with Crippen molar-refractivity contribution >= 4 is 0 Å². The first-order chi connectivity index (χ1) is 14.9. The lowest BCUT2D eigenvalue weighted by Crippen LogP contribution is -2.18. The number of furan rings is 1. The fourth-order valence-electron chi connectivity index (χ4n) is 3.00. The molecular formula is C21H14F6N4O. The predicted octanol–water partition coefficient (Wildman–Crippen LogP) is 6.24. The van der Waals surface area contributed by atoms with Crippen LogP contribution in [0, 0.1) is 13.8 Å². The van der Waals surface area contributed by atoms with Gasteiger partial charge in [0.2, 0.25) is 0 Å². The van der Waals surface area contributed by atoms with E-state index in [9.17, 15) is 26.3 Å². The lowest BCUT2D eigenvalue weighted by atomic mass is 10.0. The Labute approximate surface area is 177 Å². The molecule has 0 spiro atoms. The van der Waals surface area contributed by atoms with Crippen LogP contribution in [0.2, 0.25) is 0 Å². The molecule has 0 saturated carbocycles. The maximum absolute atomic E-state index is 13.8. The normalized spacial score (nSPS) is 12.4. The molecule has 3 heterocycles. The molecule has 0 N–H and O–H groups in total. The van der Waals surface area contributed by atoms with Gasteiger partial charge >= 0.3 is 12.4 Å². The van der Waals surface area contributed by atoms with Crippen molar-refractivity contribution in [2.24, 2.45) is 0 Å². The molecule has 4 aromatic rings. The van der Waals surface area contributed by atoms with Crippen LogP contribution in [0.5, 0.6) is 0 Å². The molecule has 5 nitrogen and oxygen atoms in total. The summed E-state index contributed by atoms with van der Waals surface area (Å²) in [5.41, 5.74) is -1.03. The average molecular weight is 452 g/mol. The molecule has 11 heteroatoms. The highest BCUT2D eigenvalue weighted by Gasteiger charge is 2.39. The van der Waals surface area contributed by atoms with Crippen molar-refractivity contribution in [3.05, 3.63) is 71.2 Å². The van der Waals surface area contributed by atoms with Gasteiger partial charge in [-0.15, -0.1) is 0 Å². The molecule has 32 heavy (non-hydrogen) atoms. The number of rotatable bonds is 3. The van der Waals surface area contributed by atoms with E-state index in [4.69, 9.17) is 4.42 Å². The molecule has 0 radical (unpaired) electrons. The highest BCUT2D eigenvalue weighted by molar-refractivity contribution is 5.62. The minimum atomic E-state index is -4.93. The summed E-state index contributed by atoms with van der Waals surface area (Å²) in [5.74, 6) is -0.942. The van der Waals surface area contributed by atoms with Gasteiger partial charge in [-0.25, -0.2) is 9.97 Å². The molecule has 0 bridgehead atoms. The highest BCUT2D eigenvalue weighted by atomic mass is 19.4. The fourth-order valence-corrected chi connectivity index (χ4v) is 3.00. The van der Waals surface area contributed by atoms with Gasteiger partial charge in [0, 0.05) is 5.56 Å². The molecule has 0 amide bonds. The second-order valence-corrected chi connectivity index (χ2v) is 7.04. The van der Waals surface area contributed by atoms with Crippen LogP contribution in [0.15, 0.2) is 53.1 Å². The summed E-state index contributed by atoms with van der Waals surface area (Å²) < 4.78 is 86.9. The lowest BCUT2D eigenvalue weighted by Gasteiger charge is -2.12. The summed E-state index contributed by atoms with van der Waals surface area (Å²) in [4.78, 5) is 7.19. The Hall–Kier alpha value is -3.63. The molecule has 0 unspecified atom stereocenters. The van der Waals surface area contributed by atoms with Crippen molar-refractivity contribution in [1.29, 1.82) is 0 Å². The standard InChI is InChI=1S/C21H14F6N4O/c1-11-5-6-13(8-12(11)2)14-10-18(21(25,26)27)31(30-14)19-28-15(16-4-3-7-32-16)9-17(29-19)20(22,23)24/h3-10H,1-2H3. The second-order valence-electron chi connectivity index (χ2n) is 7.04. The second kappa shape index (κ2) is 7.50. The van der Waals surface area contributed by atoms with Crippen molar-refractivity contribution in [2.45, 2.75) is 26.2 Å². The van der Waals surface area contributed by atoms with Gasteiger partial charge in [-0.2, -0.15) is 36.1 Å². The van der Waals surface area contributed by atoms with Gasteiger partial charge in [-0.1, -0.05) is 12.1 Å². The molecule has 0 aliphatic heterocycles.